The van der Waals surface area contributed by atoms with Crippen molar-refractivity contribution < 1.29 is 37.8 Å². The average molecular weight is 637 g/mol. The number of aliphatic carboxylic acids is 1. The van der Waals surface area contributed by atoms with E-state index in [9.17, 15) is 24.1 Å². The summed E-state index contributed by atoms with van der Waals surface area (Å²) in [6.45, 7) is 0.745. The number of carbonyl (C=O) groups excluding carboxylic acids is 2. The number of carboxylic acid groups (broad SMARTS) is 1. The van der Waals surface area contributed by atoms with E-state index in [1.54, 1.807) is 0 Å². The van der Waals surface area contributed by atoms with Crippen LogP contribution >= 0.6 is 8.25 Å². The lowest BCUT2D eigenvalue weighted by molar-refractivity contribution is -0.151. The van der Waals surface area contributed by atoms with E-state index >= 15 is 0 Å². The van der Waals surface area contributed by atoms with Crippen LogP contribution in [0.15, 0.2) is 91.0 Å². The van der Waals surface area contributed by atoms with Crippen molar-refractivity contribution in [1.82, 2.24) is 10.2 Å². The quantitative estimate of drug-likeness (QED) is 0.130. The summed E-state index contributed by atoms with van der Waals surface area (Å²) in [5.74, 6) is -1.59. The molecule has 1 aliphatic heterocycles. The highest BCUT2D eigenvalue weighted by Gasteiger charge is 2.38. The van der Waals surface area contributed by atoms with E-state index in [1.807, 2.05) is 91.0 Å². The maximum atomic E-state index is 13.5. The molecule has 10 nitrogen and oxygen atoms in total. The molecular weight excluding hydrogens is 595 g/mol. The van der Waals surface area contributed by atoms with E-state index in [2.05, 4.69) is 5.32 Å². The summed E-state index contributed by atoms with van der Waals surface area (Å²) in [6, 6.07) is 27.7. The van der Waals surface area contributed by atoms with Gasteiger partial charge >= 0.3 is 20.3 Å². The van der Waals surface area contributed by atoms with Crippen molar-refractivity contribution in [2.24, 2.45) is 0 Å². The van der Waals surface area contributed by atoms with Crippen molar-refractivity contribution in [3.05, 3.63) is 108 Å². The minimum atomic E-state index is -3.17. The first-order valence-corrected chi connectivity index (χ1v) is 16.6. The molecule has 2 unspecified atom stereocenters. The number of hydrogen-bond acceptors (Lipinski definition) is 7. The summed E-state index contributed by atoms with van der Waals surface area (Å²) in [6.07, 6.45) is 1.06. The first-order valence-electron chi connectivity index (χ1n) is 15.3. The molecule has 1 heterocycles. The standard InChI is InChI=1S/C34H41N2O8P/c37-32(36-24-12-19-29(36)33(38)39)31(20-10-11-23-35-34(40)42-25-27-15-6-2-7-16-27)44-45(41)43-30(28-17-8-3-9-18-28)22-21-26-13-4-1-5-14-26/h1-9,13-18,29-31,45H,10-12,19-25H2,(H,35,40)(H,38,39)/t29-,30?,31-/m0/s1. The van der Waals surface area contributed by atoms with E-state index < -0.39 is 44.5 Å². The van der Waals surface area contributed by atoms with E-state index in [1.165, 1.54) is 4.90 Å². The molecule has 11 heteroatoms. The fraction of sp³-hybridized carbons (Fsp3) is 0.382. The summed E-state index contributed by atoms with van der Waals surface area (Å²) in [5.41, 5.74) is 2.83. The molecule has 0 spiro atoms. The van der Waals surface area contributed by atoms with Gasteiger partial charge in [-0.1, -0.05) is 91.0 Å². The fourth-order valence-corrected chi connectivity index (χ4v) is 6.28. The van der Waals surface area contributed by atoms with Crippen LogP contribution in [0.2, 0.25) is 0 Å². The van der Waals surface area contributed by atoms with Gasteiger partial charge in [0.15, 0.2) is 0 Å². The molecule has 1 saturated heterocycles. The largest absolute Gasteiger partial charge is 0.480 e. The fourth-order valence-electron chi connectivity index (χ4n) is 5.29. The third-order valence-corrected chi connectivity index (χ3v) is 8.61. The molecule has 0 aliphatic carbocycles. The van der Waals surface area contributed by atoms with Crippen LogP contribution in [0.3, 0.4) is 0 Å². The van der Waals surface area contributed by atoms with Crippen LogP contribution < -0.4 is 5.32 Å². The summed E-state index contributed by atoms with van der Waals surface area (Å²) >= 11 is 0. The lowest BCUT2D eigenvalue weighted by Gasteiger charge is -2.27. The molecule has 0 bridgehead atoms. The van der Waals surface area contributed by atoms with Crippen LogP contribution in [0.1, 0.15) is 61.3 Å². The smallest absolute Gasteiger partial charge is 0.407 e. The molecular formula is C34H41N2O8P. The van der Waals surface area contributed by atoms with Gasteiger partial charge in [0.05, 0.1) is 6.10 Å². The Morgan fingerprint density at radius 3 is 2.18 bits per heavy atom. The van der Waals surface area contributed by atoms with Gasteiger partial charge in [-0.15, -0.1) is 0 Å². The number of likely N-dealkylation sites (tertiary alicyclic amines) is 1. The number of nitrogens with one attached hydrogen (secondary N) is 1. The predicted octanol–water partition coefficient (Wildman–Crippen LogP) is 6.32. The van der Waals surface area contributed by atoms with Gasteiger partial charge in [-0.25, -0.2) is 9.59 Å². The van der Waals surface area contributed by atoms with E-state index in [4.69, 9.17) is 13.8 Å². The maximum Gasteiger partial charge on any atom is 0.407 e. The minimum absolute atomic E-state index is 0.154. The van der Waals surface area contributed by atoms with Crippen LogP contribution in [-0.4, -0.2) is 53.2 Å². The van der Waals surface area contributed by atoms with Crippen LogP contribution in [0.5, 0.6) is 0 Å². The Bertz CT molecular complexity index is 1380. The number of ether oxygens (including phenoxy) is 1. The van der Waals surface area contributed by atoms with Crippen LogP contribution in [0.25, 0.3) is 0 Å². The van der Waals surface area contributed by atoms with Gasteiger partial charge < -0.3 is 24.6 Å². The van der Waals surface area contributed by atoms with E-state index in [0.717, 1.165) is 16.7 Å². The Morgan fingerprint density at radius 1 is 0.867 bits per heavy atom. The summed E-state index contributed by atoms with van der Waals surface area (Å²) in [4.78, 5) is 38.7. The molecule has 3 aromatic rings. The maximum absolute atomic E-state index is 13.5. The number of unbranched alkanes of at least 4 members (excludes halogenated alkanes) is 1. The van der Waals surface area contributed by atoms with Crippen molar-refractivity contribution >= 4 is 26.2 Å². The van der Waals surface area contributed by atoms with Gasteiger partial charge in [0, 0.05) is 13.1 Å². The normalized spacial score (nSPS) is 16.4. The number of carboxylic acids is 1. The van der Waals surface area contributed by atoms with Gasteiger partial charge in [-0.05, 0) is 61.6 Å². The molecule has 3 aromatic carbocycles. The van der Waals surface area contributed by atoms with E-state index in [-0.39, 0.29) is 19.6 Å². The Labute approximate surface area is 264 Å². The second-order valence-electron chi connectivity index (χ2n) is 10.9. The zero-order valence-corrected chi connectivity index (χ0v) is 26.2. The van der Waals surface area contributed by atoms with Gasteiger partial charge in [-0.3, -0.25) is 13.9 Å². The monoisotopic (exact) mass is 636 g/mol. The molecule has 4 atom stereocenters. The highest BCUT2D eigenvalue weighted by atomic mass is 31.1. The number of carbonyl (C=O) groups is 3. The average Bonchev–Trinajstić information content (AvgIpc) is 3.57. The van der Waals surface area contributed by atoms with Gasteiger partial charge in [0.25, 0.3) is 5.91 Å². The van der Waals surface area contributed by atoms with Gasteiger partial charge in [-0.2, -0.15) is 0 Å². The van der Waals surface area contributed by atoms with Gasteiger partial charge in [0.1, 0.15) is 18.8 Å². The van der Waals surface area contributed by atoms with Crippen LogP contribution in [0, 0.1) is 0 Å². The minimum Gasteiger partial charge on any atom is -0.480 e. The van der Waals surface area contributed by atoms with Crippen molar-refractivity contribution in [3.63, 3.8) is 0 Å². The zero-order valence-electron chi connectivity index (χ0n) is 25.2. The molecule has 2 N–H and O–H groups in total. The molecule has 45 heavy (non-hydrogen) atoms. The number of alkyl carbamates (subject to hydrolysis) is 1. The first-order chi connectivity index (χ1) is 21.9. The summed E-state index contributed by atoms with van der Waals surface area (Å²) < 4.78 is 30.3. The van der Waals surface area contributed by atoms with E-state index in [0.29, 0.717) is 45.1 Å². The number of aryl methyl sites for hydroxylation is 1. The van der Waals surface area contributed by atoms with Gasteiger partial charge in [0.2, 0.25) is 0 Å². The van der Waals surface area contributed by atoms with Crippen molar-refractivity contribution in [3.8, 4) is 0 Å². The second-order valence-corrected chi connectivity index (χ2v) is 11.9. The molecule has 240 valence electrons. The number of nitrogens with zero attached hydrogens (tertiary/aromatic N) is 1. The topological polar surface area (TPSA) is 131 Å². The first kappa shape index (κ1) is 33.9. The van der Waals surface area contributed by atoms with Crippen molar-refractivity contribution in [2.45, 2.75) is 69.8 Å². The second kappa shape index (κ2) is 18.1. The highest BCUT2D eigenvalue weighted by molar-refractivity contribution is 7.33. The number of amides is 2. The SMILES string of the molecule is O=C(NCCCC[C@H](O[PH](=O)OC(CCc1ccccc1)c1ccccc1)C(=O)N1CCC[C@H]1C(=O)O)OCc1ccccc1. The molecule has 0 aromatic heterocycles. The third kappa shape index (κ3) is 11.2. The van der Waals surface area contributed by atoms with Crippen molar-refractivity contribution in [1.29, 1.82) is 0 Å². The molecule has 1 aliphatic rings. The molecule has 4 rings (SSSR count). The lowest BCUT2D eigenvalue weighted by Crippen LogP contribution is -2.45. The molecule has 0 radical (unpaired) electrons. The summed E-state index contributed by atoms with van der Waals surface area (Å²) in [7, 11) is -3.17. The Morgan fingerprint density at radius 2 is 1.51 bits per heavy atom. The van der Waals surface area contributed by atoms with Crippen LogP contribution in [-0.2, 0) is 41.0 Å². The molecule has 1 fully saturated rings. The molecule has 2 amide bonds. The number of hydrogen-bond donors (Lipinski definition) is 2. The predicted molar refractivity (Wildman–Crippen MR) is 170 cm³/mol. The third-order valence-electron chi connectivity index (χ3n) is 7.66. The lowest BCUT2D eigenvalue weighted by atomic mass is 10.0. The number of rotatable bonds is 17. The summed E-state index contributed by atoms with van der Waals surface area (Å²) in [5, 5.41) is 12.3. The Balaban J connectivity index is 1.34. The Hall–Kier alpha value is -3.98. The zero-order chi connectivity index (χ0) is 31.9. The highest BCUT2D eigenvalue weighted by Crippen LogP contribution is 2.38. The number of benzene rings is 3. The Kier molecular flexibility index (Phi) is 13.6. The molecule has 0 saturated carbocycles. The van der Waals surface area contributed by atoms with Crippen LogP contribution in [0.4, 0.5) is 4.79 Å². The van der Waals surface area contributed by atoms with Crippen molar-refractivity contribution in [2.75, 3.05) is 13.1 Å².